The lowest BCUT2D eigenvalue weighted by atomic mass is 9.99. The number of aromatic nitrogens is 1. The number of rotatable bonds is 3. The van der Waals surface area contributed by atoms with Gasteiger partial charge in [0.1, 0.15) is 5.01 Å². The minimum Gasteiger partial charge on any atom is -0.292 e. The third kappa shape index (κ3) is 2.73. The smallest absolute Gasteiger partial charge is 0.186 e. The van der Waals surface area contributed by atoms with E-state index in [9.17, 15) is 10.1 Å². The quantitative estimate of drug-likeness (QED) is 0.646. The third-order valence-electron chi connectivity index (χ3n) is 3.08. The highest BCUT2D eigenvalue weighted by Crippen LogP contribution is 2.29. The van der Waals surface area contributed by atoms with Gasteiger partial charge in [0.05, 0.1) is 16.3 Å². The molecule has 2 aromatic carbocycles. The molecule has 3 rings (SSSR count). The molecule has 3 aromatic rings. The molecule has 0 saturated heterocycles. The van der Waals surface area contributed by atoms with Crippen molar-refractivity contribution in [2.24, 2.45) is 0 Å². The number of thiazole rings is 1. The number of ketones is 1. The van der Waals surface area contributed by atoms with Crippen LogP contribution in [0.4, 0.5) is 0 Å². The van der Waals surface area contributed by atoms with Gasteiger partial charge in [-0.05, 0) is 24.3 Å². The van der Waals surface area contributed by atoms with Crippen LogP contribution in [0.15, 0.2) is 53.0 Å². The van der Waals surface area contributed by atoms with Gasteiger partial charge in [-0.25, -0.2) is 4.98 Å². The van der Waals surface area contributed by atoms with Crippen molar-refractivity contribution in [3.8, 4) is 6.07 Å². The number of halogens is 1. The van der Waals surface area contributed by atoms with Gasteiger partial charge in [0.2, 0.25) is 0 Å². The Morgan fingerprint density at radius 3 is 2.57 bits per heavy atom. The van der Waals surface area contributed by atoms with E-state index in [1.165, 1.54) is 11.3 Å². The fourth-order valence-electron chi connectivity index (χ4n) is 2.02. The summed E-state index contributed by atoms with van der Waals surface area (Å²) in [4.78, 5) is 16.9. The van der Waals surface area contributed by atoms with Gasteiger partial charge in [0.15, 0.2) is 11.7 Å². The zero-order chi connectivity index (χ0) is 14.8. The molecule has 0 amide bonds. The van der Waals surface area contributed by atoms with Crippen molar-refractivity contribution in [3.63, 3.8) is 0 Å². The van der Waals surface area contributed by atoms with Crippen LogP contribution in [-0.2, 0) is 0 Å². The van der Waals surface area contributed by atoms with Crippen LogP contribution in [0.3, 0.4) is 0 Å². The summed E-state index contributed by atoms with van der Waals surface area (Å²) in [5.41, 5.74) is 1.34. The summed E-state index contributed by atoms with van der Waals surface area (Å²) < 4.78 is 1.88. The SMILES string of the molecule is N#C[C@H](C(=O)c1ccc(Br)cc1)c1nc2ccccc2s1. The molecule has 1 aromatic heterocycles. The van der Waals surface area contributed by atoms with Crippen LogP contribution in [0.2, 0.25) is 0 Å². The molecular formula is C16H9BrN2OS. The summed E-state index contributed by atoms with van der Waals surface area (Å²) in [6, 6.07) is 16.7. The predicted octanol–water partition coefficient (Wildman–Crippen LogP) is 4.55. The Morgan fingerprint density at radius 2 is 1.90 bits per heavy atom. The van der Waals surface area contributed by atoms with E-state index in [0.29, 0.717) is 10.6 Å². The van der Waals surface area contributed by atoms with Crippen LogP contribution >= 0.6 is 27.3 Å². The monoisotopic (exact) mass is 356 g/mol. The van der Waals surface area contributed by atoms with Crippen molar-refractivity contribution >= 4 is 43.3 Å². The van der Waals surface area contributed by atoms with Gasteiger partial charge in [-0.1, -0.05) is 40.2 Å². The summed E-state index contributed by atoms with van der Waals surface area (Å²) in [7, 11) is 0. The van der Waals surface area contributed by atoms with Crippen LogP contribution in [-0.4, -0.2) is 10.8 Å². The highest BCUT2D eigenvalue weighted by molar-refractivity contribution is 9.10. The van der Waals surface area contributed by atoms with Crippen molar-refractivity contribution in [1.29, 1.82) is 5.26 Å². The van der Waals surface area contributed by atoms with E-state index < -0.39 is 5.92 Å². The zero-order valence-electron chi connectivity index (χ0n) is 10.8. The van der Waals surface area contributed by atoms with Crippen molar-refractivity contribution in [2.75, 3.05) is 0 Å². The lowest BCUT2D eigenvalue weighted by molar-refractivity contribution is 0.0979. The number of Topliss-reactive ketones (excluding diaryl/α,β-unsaturated/α-hetero) is 1. The molecule has 21 heavy (non-hydrogen) atoms. The van der Waals surface area contributed by atoms with Gasteiger partial charge in [0.25, 0.3) is 0 Å². The largest absolute Gasteiger partial charge is 0.292 e. The second-order valence-electron chi connectivity index (χ2n) is 4.45. The van der Waals surface area contributed by atoms with E-state index in [-0.39, 0.29) is 5.78 Å². The van der Waals surface area contributed by atoms with E-state index in [1.54, 1.807) is 24.3 Å². The van der Waals surface area contributed by atoms with Crippen LogP contribution in [0.25, 0.3) is 10.2 Å². The van der Waals surface area contributed by atoms with Crippen molar-refractivity contribution in [1.82, 2.24) is 4.98 Å². The molecule has 0 spiro atoms. The van der Waals surface area contributed by atoms with E-state index in [1.807, 2.05) is 24.3 Å². The first kappa shape index (κ1) is 13.9. The zero-order valence-corrected chi connectivity index (χ0v) is 13.2. The number of carbonyl (C=O) groups is 1. The van der Waals surface area contributed by atoms with E-state index in [0.717, 1.165) is 14.7 Å². The molecule has 0 saturated carbocycles. The van der Waals surface area contributed by atoms with Gasteiger partial charge in [-0.3, -0.25) is 4.79 Å². The standard InChI is InChI=1S/C16H9BrN2OS/c17-11-7-5-10(6-8-11)15(20)12(9-18)16-19-13-3-1-2-4-14(13)21-16/h1-8,12H/t12-/m1/s1. The Labute approximate surface area is 134 Å². The first-order valence-electron chi connectivity index (χ1n) is 6.24. The van der Waals surface area contributed by atoms with Crippen molar-refractivity contribution in [2.45, 2.75) is 5.92 Å². The van der Waals surface area contributed by atoms with E-state index >= 15 is 0 Å². The van der Waals surface area contributed by atoms with Crippen LogP contribution in [0.5, 0.6) is 0 Å². The highest BCUT2D eigenvalue weighted by Gasteiger charge is 2.25. The normalized spacial score (nSPS) is 12.0. The summed E-state index contributed by atoms with van der Waals surface area (Å²) in [5, 5.41) is 9.93. The van der Waals surface area contributed by atoms with E-state index in [4.69, 9.17) is 0 Å². The Balaban J connectivity index is 1.99. The summed E-state index contributed by atoms with van der Waals surface area (Å²) in [6.07, 6.45) is 0. The molecular weight excluding hydrogens is 348 g/mol. The topological polar surface area (TPSA) is 53.8 Å². The van der Waals surface area contributed by atoms with E-state index in [2.05, 4.69) is 27.0 Å². The number of nitriles is 1. The lowest BCUT2D eigenvalue weighted by Gasteiger charge is -2.05. The lowest BCUT2D eigenvalue weighted by Crippen LogP contribution is -2.10. The fourth-order valence-corrected chi connectivity index (χ4v) is 3.30. The number of fused-ring (bicyclic) bond motifs is 1. The molecule has 1 heterocycles. The molecule has 0 radical (unpaired) electrons. The maximum atomic E-state index is 12.5. The average molecular weight is 357 g/mol. The first-order chi connectivity index (χ1) is 10.2. The fraction of sp³-hybridized carbons (Fsp3) is 0.0625. The number of benzene rings is 2. The number of hydrogen-bond donors (Lipinski definition) is 0. The van der Waals surface area contributed by atoms with Gasteiger partial charge >= 0.3 is 0 Å². The molecule has 1 atom stereocenters. The number of carbonyl (C=O) groups excluding carboxylic acids is 1. The summed E-state index contributed by atoms with van der Waals surface area (Å²) in [6.45, 7) is 0. The van der Waals surface area contributed by atoms with Crippen LogP contribution in [0, 0.1) is 11.3 Å². The molecule has 0 aliphatic rings. The maximum absolute atomic E-state index is 12.5. The number of hydrogen-bond acceptors (Lipinski definition) is 4. The number of para-hydroxylation sites is 1. The molecule has 0 unspecified atom stereocenters. The molecule has 0 fully saturated rings. The van der Waals surface area contributed by atoms with Crippen molar-refractivity contribution in [3.05, 3.63) is 63.6 Å². The average Bonchev–Trinajstić information content (AvgIpc) is 2.92. The second-order valence-corrected chi connectivity index (χ2v) is 6.43. The maximum Gasteiger partial charge on any atom is 0.186 e. The Bertz CT molecular complexity index is 816. The first-order valence-corrected chi connectivity index (χ1v) is 7.85. The minimum absolute atomic E-state index is 0.218. The van der Waals surface area contributed by atoms with Gasteiger partial charge in [-0.15, -0.1) is 11.3 Å². The van der Waals surface area contributed by atoms with Crippen LogP contribution < -0.4 is 0 Å². The van der Waals surface area contributed by atoms with Crippen molar-refractivity contribution < 1.29 is 4.79 Å². The number of nitrogens with zero attached hydrogens (tertiary/aromatic N) is 2. The highest BCUT2D eigenvalue weighted by atomic mass is 79.9. The Kier molecular flexibility index (Phi) is 3.82. The molecule has 102 valence electrons. The molecule has 3 nitrogen and oxygen atoms in total. The molecule has 5 heteroatoms. The molecule has 0 aliphatic heterocycles. The third-order valence-corrected chi connectivity index (χ3v) is 4.71. The molecule has 0 aliphatic carbocycles. The van der Waals surface area contributed by atoms with Gasteiger partial charge in [-0.2, -0.15) is 5.26 Å². The predicted molar refractivity (Wildman–Crippen MR) is 86.4 cm³/mol. The second kappa shape index (κ2) is 5.76. The summed E-state index contributed by atoms with van der Waals surface area (Å²) in [5.74, 6) is -1.08. The Morgan fingerprint density at radius 1 is 1.19 bits per heavy atom. The van der Waals surface area contributed by atoms with Gasteiger partial charge in [0, 0.05) is 10.0 Å². The van der Waals surface area contributed by atoms with Crippen LogP contribution in [0.1, 0.15) is 21.3 Å². The molecule has 0 bridgehead atoms. The minimum atomic E-state index is -0.858. The summed E-state index contributed by atoms with van der Waals surface area (Å²) >= 11 is 4.72. The molecule has 0 N–H and O–H groups in total. The Hall–Kier alpha value is -2.03. The van der Waals surface area contributed by atoms with Gasteiger partial charge < -0.3 is 0 Å².